The molecule has 1 aromatic carbocycles. The van der Waals surface area contributed by atoms with Crippen molar-refractivity contribution in [1.29, 1.82) is 0 Å². The molecule has 2 heterocycles. The van der Waals surface area contributed by atoms with Gasteiger partial charge in [0.05, 0.1) is 5.56 Å². The second kappa shape index (κ2) is 3.90. The van der Waals surface area contributed by atoms with Crippen molar-refractivity contribution in [1.82, 2.24) is 5.16 Å². The molecule has 94 valence electrons. The molecule has 1 aromatic heterocycles. The number of ether oxygens (including phenoxy) is 2. The number of halogens is 1. The lowest BCUT2D eigenvalue weighted by molar-refractivity contribution is 0.174. The summed E-state index contributed by atoms with van der Waals surface area (Å²) < 4.78 is 29.1. The van der Waals surface area contributed by atoms with Crippen LogP contribution in [-0.2, 0) is 0 Å². The van der Waals surface area contributed by atoms with Crippen LogP contribution in [0.4, 0.5) is 10.2 Å². The van der Waals surface area contributed by atoms with Crippen molar-refractivity contribution in [2.24, 2.45) is 0 Å². The van der Waals surface area contributed by atoms with Gasteiger partial charge in [-0.2, -0.15) is 0 Å². The summed E-state index contributed by atoms with van der Waals surface area (Å²) in [7, 11) is 0. The van der Waals surface area contributed by atoms with Gasteiger partial charge in [-0.05, 0) is 24.6 Å². The topological polar surface area (TPSA) is 70.5 Å². The number of nitrogens with two attached hydrogens (primary N) is 1. The van der Waals surface area contributed by atoms with E-state index >= 15 is 0 Å². The maximum absolute atomic E-state index is 13.4. The van der Waals surface area contributed by atoms with Crippen LogP contribution in [-0.4, -0.2) is 11.9 Å². The van der Waals surface area contributed by atoms with Crippen LogP contribution in [0.15, 0.2) is 22.7 Å². The minimum atomic E-state index is -1.11. The Morgan fingerprint density at radius 1 is 1.33 bits per heavy atom. The fraction of sp³-hybridized carbons (Fsp3) is 0.250. The first kappa shape index (κ1) is 10.9. The van der Waals surface area contributed by atoms with E-state index in [2.05, 4.69) is 5.16 Å². The lowest BCUT2D eigenvalue weighted by atomic mass is 10.0. The quantitative estimate of drug-likeness (QED) is 0.887. The molecule has 2 aromatic rings. The lowest BCUT2D eigenvalue weighted by Gasteiger charge is -2.07. The van der Waals surface area contributed by atoms with E-state index in [-0.39, 0.29) is 12.6 Å². The molecule has 1 aliphatic rings. The Morgan fingerprint density at radius 2 is 2.17 bits per heavy atom. The number of anilines is 1. The van der Waals surface area contributed by atoms with E-state index in [1.54, 1.807) is 18.2 Å². The minimum absolute atomic E-state index is 0.107. The van der Waals surface area contributed by atoms with Gasteiger partial charge in [0.15, 0.2) is 23.1 Å². The van der Waals surface area contributed by atoms with Crippen LogP contribution in [0.3, 0.4) is 0 Å². The zero-order chi connectivity index (χ0) is 12.7. The highest BCUT2D eigenvalue weighted by molar-refractivity contribution is 5.73. The molecule has 0 saturated carbocycles. The minimum Gasteiger partial charge on any atom is -0.454 e. The van der Waals surface area contributed by atoms with Crippen molar-refractivity contribution in [3.05, 3.63) is 23.8 Å². The highest BCUT2D eigenvalue weighted by Crippen LogP contribution is 2.44. The van der Waals surface area contributed by atoms with Crippen LogP contribution in [0.1, 0.15) is 18.7 Å². The number of benzene rings is 1. The van der Waals surface area contributed by atoms with Gasteiger partial charge in [0.2, 0.25) is 6.79 Å². The standard InChI is InChI=1S/C12H11FN2O3/c1-6(13)7-2-8(9-4-11(14)15-18-9)12-10(3-7)16-5-17-12/h2-4,6H,5H2,1H3,(H2,14,15). The third-order valence-corrected chi connectivity index (χ3v) is 2.75. The third kappa shape index (κ3) is 1.66. The largest absolute Gasteiger partial charge is 0.454 e. The number of alkyl halides is 1. The Bertz CT molecular complexity index is 595. The van der Waals surface area contributed by atoms with E-state index < -0.39 is 6.17 Å². The second-order valence-corrected chi connectivity index (χ2v) is 4.03. The molecule has 2 N–H and O–H groups in total. The monoisotopic (exact) mass is 250 g/mol. The van der Waals surface area contributed by atoms with Crippen molar-refractivity contribution in [2.75, 3.05) is 12.5 Å². The van der Waals surface area contributed by atoms with E-state index in [1.807, 2.05) is 0 Å². The molecule has 0 aliphatic carbocycles. The summed E-state index contributed by atoms with van der Waals surface area (Å²) >= 11 is 0. The number of rotatable bonds is 2. The molecular weight excluding hydrogens is 239 g/mol. The Morgan fingerprint density at radius 3 is 2.83 bits per heavy atom. The number of hydrogen-bond donors (Lipinski definition) is 1. The SMILES string of the molecule is CC(F)c1cc2c(c(-c3cc(N)no3)c1)OCO2. The van der Waals surface area contributed by atoms with Gasteiger partial charge in [-0.15, -0.1) is 0 Å². The molecule has 0 bridgehead atoms. The molecule has 1 aliphatic heterocycles. The highest BCUT2D eigenvalue weighted by atomic mass is 19.1. The van der Waals surface area contributed by atoms with Crippen LogP contribution >= 0.6 is 0 Å². The number of aromatic nitrogens is 1. The summed E-state index contributed by atoms with van der Waals surface area (Å²) in [6.45, 7) is 1.56. The summed E-state index contributed by atoms with van der Waals surface area (Å²) in [5.41, 5.74) is 6.59. The highest BCUT2D eigenvalue weighted by Gasteiger charge is 2.24. The summed E-state index contributed by atoms with van der Waals surface area (Å²) in [5, 5.41) is 3.61. The van der Waals surface area contributed by atoms with Crippen LogP contribution in [0.2, 0.25) is 0 Å². The summed E-state index contributed by atoms with van der Waals surface area (Å²) in [6, 6.07) is 4.83. The smallest absolute Gasteiger partial charge is 0.231 e. The average molecular weight is 250 g/mol. The van der Waals surface area contributed by atoms with Gasteiger partial charge in [-0.1, -0.05) is 5.16 Å². The first-order chi connectivity index (χ1) is 8.65. The molecule has 5 nitrogen and oxygen atoms in total. The molecule has 0 saturated heterocycles. The van der Waals surface area contributed by atoms with Crippen molar-refractivity contribution in [3.63, 3.8) is 0 Å². The Balaban J connectivity index is 2.18. The van der Waals surface area contributed by atoms with Gasteiger partial charge in [-0.25, -0.2) is 4.39 Å². The van der Waals surface area contributed by atoms with Crippen LogP contribution in [0, 0.1) is 0 Å². The first-order valence-electron chi connectivity index (χ1n) is 5.45. The van der Waals surface area contributed by atoms with Gasteiger partial charge in [-0.3, -0.25) is 0 Å². The summed E-state index contributed by atoms with van der Waals surface area (Å²) in [6.07, 6.45) is -1.11. The second-order valence-electron chi connectivity index (χ2n) is 4.03. The predicted octanol–water partition coefficient (Wildman–Crippen LogP) is 2.68. The molecular formula is C12H11FN2O3. The molecule has 1 unspecified atom stereocenters. The van der Waals surface area contributed by atoms with Gasteiger partial charge >= 0.3 is 0 Å². The fourth-order valence-electron chi connectivity index (χ4n) is 1.86. The van der Waals surface area contributed by atoms with E-state index in [9.17, 15) is 4.39 Å². The van der Waals surface area contributed by atoms with Crippen LogP contribution in [0.25, 0.3) is 11.3 Å². The van der Waals surface area contributed by atoms with Crippen LogP contribution < -0.4 is 15.2 Å². The zero-order valence-electron chi connectivity index (χ0n) is 9.64. The van der Waals surface area contributed by atoms with E-state index in [4.69, 9.17) is 19.7 Å². The Kier molecular flexibility index (Phi) is 2.36. The molecule has 1 atom stereocenters. The van der Waals surface area contributed by atoms with Crippen molar-refractivity contribution >= 4 is 5.82 Å². The number of nitrogens with zero attached hydrogens (tertiary/aromatic N) is 1. The van der Waals surface area contributed by atoms with E-state index in [0.29, 0.717) is 28.4 Å². The maximum Gasteiger partial charge on any atom is 0.231 e. The van der Waals surface area contributed by atoms with Gasteiger partial charge < -0.3 is 19.7 Å². The van der Waals surface area contributed by atoms with E-state index in [0.717, 1.165) is 0 Å². The van der Waals surface area contributed by atoms with Gasteiger partial charge in [0, 0.05) is 6.07 Å². The van der Waals surface area contributed by atoms with Gasteiger partial charge in [0.1, 0.15) is 6.17 Å². The lowest BCUT2D eigenvalue weighted by Crippen LogP contribution is -1.93. The van der Waals surface area contributed by atoms with Gasteiger partial charge in [0.25, 0.3) is 0 Å². The summed E-state index contributed by atoms with van der Waals surface area (Å²) in [5.74, 6) is 1.71. The van der Waals surface area contributed by atoms with Crippen LogP contribution in [0.5, 0.6) is 11.5 Å². The van der Waals surface area contributed by atoms with Crippen molar-refractivity contribution in [3.8, 4) is 22.8 Å². The molecule has 0 fully saturated rings. The van der Waals surface area contributed by atoms with Crippen molar-refractivity contribution < 1.29 is 18.4 Å². The Labute approximate surface area is 102 Å². The molecule has 0 spiro atoms. The molecule has 0 radical (unpaired) electrons. The summed E-state index contributed by atoms with van der Waals surface area (Å²) in [4.78, 5) is 0. The zero-order valence-corrected chi connectivity index (χ0v) is 9.64. The van der Waals surface area contributed by atoms with Crippen molar-refractivity contribution in [2.45, 2.75) is 13.1 Å². The number of hydrogen-bond acceptors (Lipinski definition) is 5. The first-order valence-corrected chi connectivity index (χ1v) is 5.45. The molecule has 18 heavy (non-hydrogen) atoms. The average Bonchev–Trinajstić information content (AvgIpc) is 2.95. The number of fused-ring (bicyclic) bond motifs is 1. The normalized spacial score (nSPS) is 14.8. The number of nitrogen functional groups attached to an aromatic ring is 1. The molecule has 3 rings (SSSR count). The van der Waals surface area contributed by atoms with E-state index in [1.165, 1.54) is 6.92 Å². The maximum atomic E-state index is 13.4. The molecule has 0 amide bonds. The fourth-order valence-corrected chi connectivity index (χ4v) is 1.86. The molecule has 6 heteroatoms. The Hall–Kier alpha value is -2.24. The predicted molar refractivity (Wildman–Crippen MR) is 62.0 cm³/mol. The third-order valence-electron chi connectivity index (χ3n) is 2.75.